The molecule has 0 aromatic carbocycles. The lowest BCUT2D eigenvalue weighted by molar-refractivity contribution is 0.0594. The molecule has 0 saturated carbocycles. The Kier molecular flexibility index (Phi) is 5.10. The monoisotopic (exact) mass is 364 g/mol. The van der Waals surface area contributed by atoms with Crippen LogP contribution in [0.5, 0.6) is 0 Å². The van der Waals surface area contributed by atoms with Crippen LogP contribution in [0.4, 0.5) is 0 Å². The van der Waals surface area contributed by atoms with Crippen molar-refractivity contribution in [1.29, 1.82) is 0 Å². The quantitative estimate of drug-likeness (QED) is 0.803. The Hall–Kier alpha value is -1.09. The second kappa shape index (κ2) is 6.43. The fourth-order valence-corrected chi connectivity index (χ4v) is 5.37. The molecule has 0 bridgehead atoms. The minimum absolute atomic E-state index is 0. The van der Waals surface area contributed by atoms with Crippen LogP contribution in [0.2, 0.25) is 0 Å². The van der Waals surface area contributed by atoms with Crippen LogP contribution in [0.25, 0.3) is 0 Å². The summed E-state index contributed by atoms with van der Waals surface area (Å²) in [5.74, 6) is 0.486. The predicted octanol–water partition coefficient (Wildman–Crippen LogP) is 0.945. The number of fused-ring (bicyclic) bond motifs is 1. The lowest BCUT2D eigenvalue weighted by Gasteiger charge is -2.17. The number of hydrogen-bond donors (Lipinski definition) is 1. The van der Waals surface area contributed by atoms with Gasteiger partial charge in [-0.15, -0.1) is 12.4 Å². The number of esters is 1. The number of carbonyl (C=O) groups excluding carboxylic acids is 1. The second-order valence-corrected chi connectivity index (χ2v) is 7.79. The highest BCUT2D eigenvalue weighted by Crippen LogP contribution is 2.35. The molecule has 9 heteroatoms. The SMILES string of the molecule is COC(=O)c1c(C)oc(C)c1S(=O)(=O)N1C[C@H]2CNC[C@H]2C1.Cl. The highest BCUT2D eigenvalue weighted by Gasteiger charge is 2.44. The molecule has 1 N–H and O–H groups in total. The first-order valence-electron chi connectivity index (χ1n) is 7.25. The van der Waals surface area contributed by atoms with E-state index in [0.717, 1.165) is 13.1 Å². The van der Waals surface area contributed by atoms with Gasteiger partial charge in [-0.25, -0.2) is 13.2 Å². The van der Waals surface area contributed by atoms with Crippen molar-refractivity contribution >= 4 is 28.4 Å². The molecule has 3 rings (SSSR count). The van der Waals surface area contributed by atoms with Crippen LogP contribution in [-0.4, -0.2) is 52.0 Å². The molecule has 23 heavy (non-hydrogen) atoms. The van der Waals surface area contributed by atoms with E-state index >= 15 is 0 Å². The van der Waals surface area contributed by atoms with Crippen LogP contribution in [0.1, 0.15) is 21.9 Å². The van der Waals surface area contributed by atoms with Gasteiger partial charge in [0, 0.05) is 13.1 Å². The van der Waals surface area contributed by atoms with Gasteiger partial charge in [-0.1, -0.05) is 0 Å². The van der Waals surface area contributed by atoms with Gasteiger partial charge in [-0.3, -0.25) is 0 Å². The first-order valence-corrected chi connectivity index (χ1v) is 8.69. The smallest absolute Gasteiger partial charge is 0.342 e. The molecule has 0 aliphatic carbocycles. The molecule has 2 aliphatic rings. The van der Waals surface area contributed by atoms with Gasteiger partial charge in [0.15, 0.2) is 0 Å². The van der Waals surface area contributed by atoms with Crippen LogP contribution in [-0.2, 0) is 14.8 Å². The number of ether oxygens (including phenoxy) is 1. The Morgan fingerprint density at radius 3 is 2.30 bits per heavy atom. The molecular weight excluding hydrogens is 344 g/mol. The van der Waals surface area contributed by atoms with Crippen molar-refractivity contribution in [3.8, 4) is 0 Å². The van der Waals surface area contributed by atoms with E-state index in [4.69, 9.17) is 9.15 Å². The maximum Gasteiger partial charge on any atom is 0.342 e. The zero-order chi connectivity index (χ0) is 16.1. The third kappa shape index (κ3) is 2.88. The van der Waals surface area contributed by atoms with Crippen molar-refractivity contribution in [2.45, 2.75) is 18.7 Å². The molecular formula is C14H21ClN2O5S. The number of furan rings is 1. The minimum atomic E-state index is -3.77. The van der Waals surface area contributed by atoms with E-state index in [0.29, 0.717) is 24.9 Å². The third-order valence-corrected chi connectivity index (χ3v) is 6.53. The second-order valence-electron chi connectivity index (χ2n) is 5.91. The Bertz CT molecular complexity index is 703. The fourth-order valence-electron chi connectivity index (χ4n) is 3.45. The molecule has 1 aromatic heterocycles. The molecule has 2 saturated heterocycles. The van der Waals surface area contributed by atoms with Crippen LogP contribution in [0.3, 0.4) is 0 Å². The highest BCUT2D eigenvalue weighted by atomic mass is 35.5. The topological polar surface area (TPSA) is 88.8 Å². The van der Waals surface area contributed by atoms with Crippen molar-refractivity contribution in [1.82, 2.24) is 9.62 Å². The van der Waals surface area contributed by atoms with Crippen molar-refractivity contribution in [2.75, 3.05) is 33.3 Å². The number of hydrogen-bond acceptors (Lipinski definition) is 6. The van der Waals surface area contributed by atoms with Gasteiger partial charge in [-0.2, -0.15) is 4.31 Å². The number of nitrogens with zero attached hydrogens (tertiary/aromatic N) is 1. The molecule has 7 nitrogen and oxygen atoms in total. The first kappa shape index (κ1) is 18.3. The first-order chi connectivity index (χ1) is 10.4. The van der Waals surface area contributed by atoms with Gasteiger partial charge in [-0.05, 0) is 38.8 Å². The zero-order valence-electron chi connectivity index (χ0n) is 13.3. The summed E-state index contributed by atoms with van der Waals surface area (Å²) in [6, 6.07) is 0. The molecule has 130 valence electrons. The van der Waals surface area contributed by atoms with Crippen LogP contribution in [0, 0.1) is 25.7 Å². The van der Waals surface area contributed by atoms with Crippen molar-refractivity contribution in [3.05, 3.63) is 17.1 Å². The fraction of sp³-hybridized carbons (Fsp3) is 0.643. The number of halogens is 1. The van der Waals surface area contributed by atoms with Gasteiger partial charge >= 0.3 is 5.97 Å². The average Bonchev–Trinajstić information content (AvgIpc) is 3.10. The molecule has 0 radical (unpaired) electrons. The van der Waals surface area contributed by atoms with E-state index in [1.807, 2.05) is 0 Å². The van der Waals surface area contributed by atoms with Gasteiger partial charge in [0.1, 0.15) is 22.0 Å². The molecule has 0 unspecified atom stereocenters. The Labute approximate surface area is 141 Å². The van der Waals surface area contributed by atoms with E-state index in [1.165, 1.54) is 11.4 Å². The average molecular weight is 365 g/mol. The van der Waals surface area contributed by atoms with Gasteiger partial charge in [0.05, 0.1) is 7.11 Å². The molecule has 1 aromatic rings. The normalized spacial score (nSPS) is 24.3. The summed E-state index contributed by atoms with van der Waals surface area (Å²) in [7, 11) is -2.54. The molecule has 0 spiro atoms. The Balaban J connectivity index is 0.00000192. The lowest BCUT2D eigenvalue weighted by Crippen LogP contribution is -2.33. The molecule has 2 fully saturated rings. The summed E-state index contributed by atoms with van der Waals surface area (Å²) < 4.78 is 37.5. The summed E-state index contributed by atoms with van der Waals surface area (Å²) in [5.41, 5.74) is 0.00943. The van der Waals surface area contributed by atoms with E-state index in [2.05, 4.69) is 5.32 Å². The van der Waals surface area contributed by atoms with E-state index in [1.54, 1.807) is 13.8 Å². The number of methoxy groups -OCH3 is 1. The summed E-state index contributed by atoms with van der Waals surface area (Å²) in [6.45, 7) is 5.76. The number of rotatable bonds is 3. The largest absolute Gasteiger partial charge is 0.465 e. The van der Waals surface area contributed by atoms with Gasteiger partial charge < -0.3 is 14.5 Å². The van der Waals surface area contributed by atoms with Crippen LogP contribution < -0.4 is 5.32 Å². The summed E-state index contributed by atoms with van der Waals surface area (Å²) in [6.07, 6.45) is 0. The van der Waals surface area contributed by atoms with Crippen LogP contribution >= 0.6 is 12.4 Å². The lowest BCUT2D eigenvalue weighted by atomic mass is 10.0. The number of sulfonamides is 1. The highest BCUT2D eigenvalue weighted by molar-refractivity contribution is 7.89. The predicted molar refractivity (Wildman–Crippen MR) is 85.4 cm³/mol. The number of nitrogens with one attached hydrogen (secondary N) is 1. The summed E-state index contributed by atoms with van der Waals surface area (Å²) >= 11 is 0. The van der Waals surface area contributed by atoms with E-state index < -0.39 is 16.0 Å². The maximum atomic E-state index is 13.0. The standard InChI is InChI=1S/C14H20N2O5S.ClH/c1-8-12(14(17)20-3)13(9(2)21-8)22(18,19)16-6-10-4-15-5-11(10)7-16;/h10-11,15H,4-7H2,1-3H3;1H/t10-,11+;. The minimum Gasteiger partial charge on any atom is -0.465 e. The Morgan fingerprint density at radius 2 is 1.78 bits per heavy atom. The van der Waals surface area contributed by atoms with E-state index in [9.17, 15) is 13.2 Å². The van der Waals surface area contributed by atoms with Gasteiger partial charge in [0.25, 0.3) is 0 Å². The van der Waals surface area contributed by atoms with Crippen molar-refractivity contribution in [2.24, 2.45) is 11.8 Å². The van der Waals surface area contributed by atoms with Crippen molar-refractivity contribution < 1.29 is 22.4 Å². The summed E-state index contributed by atoms with van der Waals surface area (Å²) in [4.78, 5) is 11.9. The Morgan fingerprint density at radius 1 is 1.22 bits per heavy atom. The third-order valence-electron chi connectivity index (χ3n) is 4.55. The molecule has 0 amide bonds. The van der Waals surface area contributed by atoms with Crippen molar-refractivity contribution in [3.63, 3.8) is 0 Å². The number of aryl methyl sites for hydroxylation is 2. The molecule has 3 heterocycles. The maximum absolute atomic E-state index is 13.0. The summed E-state index contributed by atoms with van der Waals surface area (Å²) in [5, 5.41) is 3.28. The number of carbonyl (C=O) groups is 1. The molecule has 2 atom stereocenters. The molecule has 2 aliphatic heterocycles. The van der Waals surface area contributed by atoms with E-state index in [-0.39, 0.29) is 34.4 Å². The van der Waals surface area contributed by atoms with Crippen LogP contribution in [0.15, 0.2) is 9.31 Å². The zero-order valence-corrected chi connectivity index (χ0v) is 14.9. The van der Waals surface area contributed by atoms with Gasteiger partial charge in [0.2, 0.25) is 10.0 Å².